The zero-order valence-electron chi connectivity index (χ0n) is 12.5. The number of amides is 3. The zero-order valence-corrected chi connectivity index (χ0v) is 12.5. The summed E-state index contributed by atoms with van der Waals surface area (Å²) in [7, 11) is 0. The highest BCUT2D eigenvalue weighted by molar-refractivity contribution is 6.45. The van der Waals surface area contributed by atoms with Gasteiger partial charge in [0.05, 0.1) is 11.4 Å². The third kappa shape index (κ3) is 2.38. The van der Waals surface area contributed by atoms with Crippen molar-refractivity contribution in [3.05, 3.63) is 24.3 Å². The summed E-state index contributed by atoms with van der Waals surface area (Å²) in [5, 5.41) is 3.85. The summed E-state index contributed by atoms with van der Waals surface area (Å²) in [6, 6.07) is 7.69. The van der Waals surface area contributed by atoms with E-state index in [9.17, 15) is 14.4 Å². The number of hydrazone groups is 1. The number of carbonyl (C=O) groups excluding carboxylic acids is 3. The zero-order chi connectivity index (χ0) is 16.0. The van der Waals surface area contributed by atoms with Gasteiger partial charge in [-0.15, -0.1) is 0 Å². The molecule has 0 bridgehead atoms. The Balaban J connectivity index is 1.69. The van der Waals surface area contributed by atoms with Crippen molar-refractivity contribution in [3.63, 3.8) is 0 Å². The van der Waals surface area contributed by atoms with Gasteiger partial charge in [0.2, 0.25) is 11.8 Å². The average Bonchev–Trinajstić information content (AvgIpc) is 3.39. The number of anilines is 2. The summed E-state index contributed by atoms with van der Waals surface area (Å²) in [6.45, 7) is 0.0132. The van der Waals surface area contributed by atoms with Crippen molar-refractivity contribution in [2.24, 2.45) is 5.10 Å². The summed E-state index contributed by atoms with van der Waals surface area (Å²) in [6.07, 6.45) is 2.55. The molecule has 0 unspecified atom stereocenters. The van der Waals surface area contributed by atoms with Crippen LogP contribution in [0.5, 0.6) is 0 Å². The molecule has 23 heavy (non-hydrogen) atoms. The molecule has 7 heteroatoms. The highest BCUT2D eigenvalue weighted by atomic mass is 16.2. The molecular weight excluding hydrogens is 296 g/mol. The Morgan fingerprint density at radius 1 is 1.13 bits per heavy atom. The molecule has 1 aromatic carbocycles. The number of carbonyl (C=O) groups is 3. The second-order valence-electron chi connectivity index (χ2n) is 5.97. The average molecular weight is 312 g/mol. The molecule has 2 aliphatic heterocycles. The summed E-state index contributed by atoms with van der Waals surface area (Å²) < 4.78 is 0. The molecular formula is C16H16N4O3. The fourth-order valence-corrected chi connectivity index (χ4v) is 3.03. The van der Waals surface area contributed by atoms with Gasteiger partial charge in [-0.25, -0.2) is 5.43 Å². The van der Waals surface area contributed by atoms with Crippen molar-refractivity contribution < 1.29 is 14.4 Å². The lowest BCUT2D eigenvalue weighted by atomic mass is 10.1. The molecule has 4 rings (SSSR count). The van der Waals surface area contributed by atoms with Crippen LogP contribution in [0.2, 0.25) is 0 Å². The summed E-state index contributed by atoms with van der Waals surface area (Å²) in [5.41, 5.74) is 4.12. The first kappa shape index (κ1) is 13.9. The maximum atomic E-state index is 12.7. The topological polar surface area (TPSA) is 82.1 Å². The second kappa shape index (κ2) is 5.19. The standard InChI is InChI=1S/C16H16N4O3/c21-14-8-7-11(17-18-14)16(23)19-9-15(22)20(10-5-6-10)13-4-2-1-3-12(13)19/h1-4,10H,5-9H2,(H,18,21). The summed E-state index contributed by atoms with van der Waals surface area (Å²) in [4.78, 5) is 39.7. The fourth-order valence-electron chi connectivity index (χ4n) is 3.03. The molecule has 2 heterocycles. The van der Waals surface area contributed by atoms with Crippen molar-refractivity contribution >= 4 is 34.8 Å². The van der Waals surface area contributed by atoms with Crippen molar-refractivity contribution in [2.75, 3.05) is 16.3 Å². The van der Waals surface area contributed by atoms with Gasteiger partial charge in [-0.3, -0.25) is 19.3 Å². The van der Waals surface area contributed by atoms with Crippen LogP contribution in [-0.2, 0) is 14.4 Å². The Morgan fingerprint density at radius 3 is 2.52 bits per heavy atom. The van der Waals surface area contributed by atoms with E-state index in [1.165, 1.54) is 4.90 Å². The maximum Gasteiger partial charge on any atom is 0.275 e. The van der Waals surface area contributed by atoms with E-state index in [4.69, 9.17) is 0 Å². The Bertz CT molecular complexity index is 739. The lowest BCUT2D eigenvalue weighted by Crippen LogP contribution is -2.51. The van der Waals surface area contributed by atoms with Gasteiger partial charge >= 0.3 is 0 Å². The molecule has 1 aliphatic carbocycles. The van der Waals surface area contributed by atoms with Crippen LogP contribution >= 0.6 is 0 Å². The van der Waals surface area contributed by atoms with Gasteiger partial charge in [0.15, 0.2) is 0 Å². The van der Waals surface area contributed by atoms with Crippen molar-refractivity contribution in [1.82, 2.24) is 5.43 Å². The van der Waals surface area contributed by atoms with Gasteiger partial charge in [-0.2, -0.15) is 5.10 Å². The molecule has 3 aliphatic rings. The van der Waals surface area contributed by atoms with Gasteiger partial charge in [0.1, 0.15) is 12.3 Å². The van der Waals surface area contributed by atoms with Crippen LogP contribution < -0.4 is 15.2 Å². The maximum absolute atomic E-state index is 12.7. The number of benzene rings is 1. The molecule has 0 spiro atoms. The first-order valence-electron chi connectivity index (χ1n) is 7.73. The van der Waals surface area contributed by atoms with Gasteiger partial charge in [0.25, 0.3) is 5.91 Å². The van der Waals surface area contributed by atoms with Crippen molar-refractivity contribution in [2.45, 2.75) is 31.7 Å². The minimum atomic E-state index is -0.318. The smallest absolute Gasteiger partial charge is 0.275 e. The molecule has 118 valence electrons. The largest absolute Gasteiger partial charge is 0.306 e. The fraction of sp³-hybridized carbons (Fsp3) is 0.375. The normalized spacial score (nSPS) is 20.8. The number of para-hydroxylation sites is 2. The van der Waals surface area contributed by atoms with Crippen LogP contribution in [0.15, 0.2) is 29.4 Å². The van der Waals surface area contributed by atoms with Crippen LogP contribution in [0.4, 0.5) is 11.4 Å². The Hall–Kier alpha value is -2.70. The first-order valence-corrected chi connectivity index (χ1v) is 7.73. The quantitative estimate of drug-likeness (QED) is 0.876. The molecule has 1 N–H and O–H groups in total. The van der Waals surface area contributed by atoms with Crippen LogP contribution in [0, 0.1) is 0 Å². The number of rotatable bonds is 2. The third-order valence-electron chi connectivity index (χ3n) is 4.30. The van der Waals surface area contributed by atoms with E-state index >= 15 is 0 Å². The molecule has 1 fully saturated rings. The highest BCUT2D eigenvalue weighted by Crippen LogP contribution is 2.40. The predicted molar refractivity (Wildman–Crippen MR) is 84.1 cm³/mol. The van der Waals surface area contributed by atoms with E-state index in [1.54, 1.807) is 0 Å². The van der Waals surface area contributed by atoms with Gasteiger partial charge in [-0.05, 0) is 25.0 Å². The Kier molecular flexibility index (Phi) is 3.14. The number of fused-ring (bicyclic) bond motifs is 1. The van der Waals surface area contributed by atoms with Crippen LogP contribution in [-0.4, -0.2) is 36.0 Å². The second-order valence-corrected chi connectivity index (χ2v) is 5.97. The number of hydrogen-bond donors (Lipinski definition) is 1. The Labute approximate surface area is 132 Å². The van der Waals surface area contributed by atoms with Gasteiger partial charge in [0, 0.05) is 18.9 Å². The summed E-state index contributed by atoms with van der Waals surface area (Å²) in [5.74, 6) is -0.585. The van der Waals surface area contributed by atoms with Crippen LogP contribution in [0.25, 0.3) is 0 Å². The highest BCUT2D eigenvalue weighted by Gasteiger charge is 2.41. The van der Waals surface area contributed by atoms with Crippen LogP contribution in [0.1, 0.15) is 25.7 Å². The molecule has 0 radical (unpaired) electrons. The molecule has 3 amide bonds. The Morgan fingerprint density at radius 2 is 1.87 bits per heavy atom. The van der Waals surface area contributed by atoms with E-state index in [-0.39, 0.29) is 42.4 Å². The van der Waals surface area contributed by atoms with Crippen molar-refractivity contribution in [1.29, 1.82) is 0 Å². The van der Waals surface area contributed by atoms with E-state index in [0.717, 1.165) is 24.2 Å². The van der Waals surface area contributed by atoms with Gasteiger partial charge < -0.3 is 4.90 Å². The van der Waals surface area contributed by atoms with E-state index in [2.05, 4.69) is 10.5 Å². The predicted octanol–water partition coefficient (Wildman–Crippen LogP) is 0.795. The lowest BCUT2D eigenvalue weighted by molar-refractivity contribution is -0.122. The number of nitrogens with one attached hydrogen (secondary N) is 1. The van der Waals surface area contributed by atoms with E-state index < -0.39 is 0 Å². The molecule has 1 aromatic rings. The minimum Gasteiger partial charge on any atom is -0.306 e. The minimum absolute atomic E-state index is 0.0132. The molecule has 1 saturated carbocycles. The monoisotopic (exact) mass is 312 g/mol. The lowest BCUT2D eigenvalue weighted by Gasteiger charge is -2.36. The number of hydrogen-bond acceptors (Lipinski definition) is 4. The first-order chi connectivity index (χ1) is 11.1. The van der Waals surface area contributed by atoms with Crippen molar-refractivity contribution in [3.8, 4) is 0 Å². The molecule has 0 aromatic heterocycles. The van der Waals surface area contributed by atoms with Gasteiger partial charge in [-0.1, -0.05) is 12.1 Å². The van der Waals surface area contributed by atoms with E-state index in [1.807, 2.05) is 29.2 Å². The molecule has 7 nitrogen and oxygen atoms in total. The van der Waals surface area contributed by atoms with E-state index in [0.29, 0.717) is 6.42 Å². The van der Waals surface area contributed by atoms with Crippen LogP contribution in [0.3, 0.4) is 0 Å². The molecule has 0 saturated heterocycles. The molecule has 0 atom stereocenters. The third-order valence-corrected chi connectivity index (χ3v) is 4.30. The SMILES string of the molecule is O=C1CCC(C(=O)N2CC(=O)N(C3CC3)c3ccccc32)=NN1. The summed E-state index contributed by atoms with van der Waals surface area (Å²) >= 11 is 0. The number of nitrogens with zero attached hydrogens (tertiary/aromatic N) is 3.